The molecule has 1 fully saturated rings. The number of para-hydroxylation sites is 1. The van der Waals surface area contributed by atoms with Crippen LogP contribution in [0.3, 0.4) is 0 Å². The molecular formula is C20H26N2O3. The van der Waals surface area contributed by atoms with Crippen molar-refractivity contribution in [2.45, 2.75) is 32.2 Å². The molecule has 134 valence electrons. The second-order valence-corrected chi connectivity index (χ2v) is 6.49. The van der Waals surface area contributed by atoms with E-state index in [1.165, 1.54) is 19.3 Å². The molecule has 2 aromatic rings. The molecule has 2 heterocycles. The van der Waals surface area contributed by atoms with Crippen LogP contribution in [-0.4, -0.2) is 37.0 Å². The lowest BCUT2D eigenvalue weighted by Crippen LogP contribution is -2.41. The molecule has 0 aliphatic carbocycles. The van der Waals surface area contributed by atoms with Gasteiger partial charge in [0.05, 0.1) is 12.3 Å². The van der Waals surface area contributed by atoms with Gasteiger partial charge in [-0.2, -0.15) is 0 Å². The number of carbonyl (C=O) groups excluding carboxylic acids is 1. The second kappa shape index (κ2) is 8.72. The van der Waals surface area contributed by atoms with E-state index in [4.69, 9.17) is 9.15 Å². The summed E-state index contributed by atoms with van der Waals surface area (Å²) >= 11 is 0. The highest BCUT2D eigenvalue weighted by Gasteiger charge is 2.24. The number of benzene rings is 1. The molecule has 1 atom stereocenters. The first-order chi connectivity index (χ1) is 12.2. The Morgan fingerprint density at radius 2 is 2.00 bits per heavy atom. The highest BCUT2D eigenvalue weighted by molar-refractivity contribution is 5.77. The Kier molecular flexibility index (Phi) is 6.12. The number of ether oxygens (including phenoxy) is 1. The standard InChI is InChI=1S/C20H26N2O3/c1-16-8-3-4-9-18(16)25-15-20(23)21-14-17(19-10-7-13-24-19)22-11-5-2-6-12-22/h3-4,7-10,13,17H,2,5-6,11-12,14-15H2,1H3,(H,21,23). The molecule has 1 aliphatic heterocycles. The van der Waals surface area contributed by atoms with Gasteiger partial charge in [-0.25, -0.2) is 0 Å². The fourth-order valence-electron chi connectivity index (χ4n) is 3.24. The van der Waals surface area contributed by atoms with Crippen LogP contribution >= 0.6 is 0 Å². The Hall–Kier alpha value is -2.27. The van der Waals surface area contributed by atoms with Gasteiger partial charge in [-0.05, 0) is 56.6 Å². The van der Waals surface area contributed by atoms with Gasteiger partial charge >= 0.3 is 0 Å². The van der Waals surface area contributed by atoms with E-state index in [9.17, 15) is 4.79 Å². The minimum Gasteiger partial charge on any atom is -0.484 e. The molecule has 1 saturated heterocycles. The molecule has 1 unspecified atom stereocenters. The zero-order valence-corrected chi connectivity index (χ0v) is 14.7. The molecule has 25 heavy (non-hydrogen) atoms. The van der Waals surface area contributed by atoms with E-state index in [-0.39, 0.29) is 18.6 Å². The molecule has 0 radical (unpaired) electrons. The average Bonchev–Trinajstić information content (AvgIpc) is 3.16. The fraction of sp³-hybridized carbons (Fsp3) is 0.450. The summed E-state index contributed by atoms with van der Waals surface area (Å²) in [4.78, 5) is 14.6. The topological polar surface area (TPSA) is 54.7 Å². The van der Waals surface area contributed by atoms with Crippen molar-refractivity contribution in [1.82, 2.24) is 10.2 Å². The first-order valence-electron chi connectivity index (χ1n) is 8.96. The third-order valence-electron chi connectivity index (χ3n) is 4.65. The monoisotopic (exact) mass is 342 g/mol. The molecule has 0 saturated carbocycles. The summed E-state index contributed by atoms with van der Waals surface area (Å²) in [6.07, 6.45) is 5.36. The maximum atomic E-state index is 12.2. The number of amides is 1. The van der Waals surface area contributed by atoms with Crippen molar-refractivity contribution >= 4 is 5.91 Å². The molecule has 0 bridgehead atoms. The Labute approximate surface area is 149 Å². The number of hydrogen-bond acceptors (Lipinski definition) is 4. The normalized spacial score (nSPS) is 16.4. The van der Waals surface area contributed by atoms with Crippen molar-refractivity contribution in [2.75, 3.05) is 26.2 Å². The fourth-order valence-corrected chi connectivity index (χ4v) is 3.24. The van der Waals surface area contributed by atoms with Crippen molar-refractivity contribution in [1.29, 1.82) is 0 Å². The molecule has 5 heteroatoms. The quantitative estimate of drug-likeness (QED) is 0.839. The Balaban J connectivity index is 1.53. The summed E-state index contributed by atoms with van der Waals surface area (Å²) in [6, 6.07) is 11.7. The van der Waals surface area contributed by atoms with Gasteiger partial charge in [0.1, 0.15) is 11.5 Å². The van der Waals surface area contributed by atoms with Crippen LogP contribution in [0.15, 0.2) is 47.1 Å². The number of nitrogens with zero attached hydrogens (tertiary/aromatic N) is 1. The molecule has 5 nitrogen and oxygen atoms in total. The van der Waals surface area contributed by atoms with Crippen LogP contribution in [0.4, 0.5) is 0 Å². The molecule has 1 amide bonds. The van der Waals surface area contributed by atoms with Crippen LogP contribution in [-0.2, 0) is 4.79 Å². The first-order valence-corrected chi connectivity index (χ1v) is 8.96. The van der Waals surface area contributed by atoms with Gasteiger partial charge < -0.3 is 14.5 Å². The number of likely N-dealkylation sites (tertiary alicyclic amines) is 1. The number of carbonyl (C=O) groups is 1. The van der Waals surface area contributed by atoms with Gasteiger partial charge in [-0.3, -0.25) is 9.69 Å². The maximum absolute atomic E-state index is 12.2. The van der Waals surface area contributed by atoms with Crippen LogP contribution in [0.5, 0.6) is 5.75 Å². The van der Waals surface area contributed by atoms with E-state index >= 15 is 0 Å². The van der Waals surface area contributed by atoms with Gasteiger partial charge in [-0.1, -0.05) is 24.6 Å². The van der Waals surface area contributed by atoms with Crippen LogP contribution in [0, 0.1) is 6.92 Å². The van der Waals surface area contributed by atoms with Gasteiger partial charge in [0.15, 0.2) is 6.61 Å². The lowest BCUT2D eigenvalue weighted by Gasteiger charge is -2.33. The van der Waals surface area contributed by atoms with Gasteiger partial charge in [0.25, 0.3) is 5.91 Å². The van der Waals surface area contributed by atoms with Crippen molar-refractivity contribution in [2.24, 2.45) is 0 Å². The number of rotatable bonds is 7. The molecular weight excluding hydrogens is 316 g/mol. The maximum Gasteiger partial charge on any atom is 0.258 e. The summed E-state index contributed by atoms with van der Waals surface area (Å²) in [6.45, 7) is 4.61. The van der Waals surface area contributed by atoms with E-state index in [0.717, 1.165) is 30.2 Å². The summed E-state index contributed by atoms with van der Waals surface area (Å²) in [7, 11) is 0. The summed E-state index contributed by atoms with van der Waals surface area (Å²) in [5.41, 5.74) is 1.03. The second-order valence-electron chi connectivity index (χ2n) is 6.49. The molecule has 1 aromatic heterocycles. The summed E-state index contributed by atoms with van der Waals surface area (Å²) in [5, 5.41) is 2.99. The highest BCUT2D eigenvalue weighted by atomic mass is 16.5. The first kappa shape index (κ1) is 17.5. The predicted octanol–water partition coefficient (Wildman–Crippen LogP) is 3.31. The van der Waals surface area contributed by atoms with Gasteiger partial charge in [0.2, 0.25) is 0 Å². The van der Waals surface area contributed by atoms with Crippen molar-refractivity contribution in [3.05, 3.63) is 54.0 Å². The minimum atomic E-state index is -0.114. The lowest BCUT2D eigenvalue weighted by atomic mass is 10.1. The lowest BCUT2D eigenvalue weighted by molar-refractivity contribution is -0.123. The number of nitrogens with one attached hydrogen (secondary N) is 1. The van der Waals surface area contributed by atoms with Crippen molar-refractivity contribution in [3.8, 4) is 5.75 Å². The Bertz CT molecular complexity index is 663. The number of aryl methyl sites for hydroxylation is 1. The van der Waals surface area contributed by atoms with E-state index < -0.39 is 0 Å². The third kappa shape index (κ3) is 4.86. The molecule has 1 N–H and O–H groups in total. The SMILES string of the molecule is Cc1ccccc1OCC(=O)NCC(c1ccco1)N1CCCCC1. The summed E-state index contributed by atoms with van der Waals surface area (Å²) in [5.74, 6) is 1.54. The number of hydrogen-bond donors (Lipinski definition) is 1. The zero-order valence-electron chi connectivity index (χ0n) is 14.7. The van der Waals surface area contributed by atoms with Crippen molar-refractivity contribution < 1.29 is 13.9 Å². The molecule has 1 aromatic carbocycles. The smallest absolute Gasteiger partial charge is 0.258 e. The van der Waals surface area contributed by atoms with Crippen LogP contribution in [0.25, 0.3) is 0 Å². The van der Waals surface area contributed by atoms with E-state index in [0.29, 0.717) is 6.54 Å². The van der Waals surface area contributed by atoms with Crippen LogP contribution in [0.2, 0.25) is 0 Å². The van der Waals surface area contributed by atoms with Crippen molar-refractivity contribution in [3.63, 3.8) is 0 Å². The van der Waals surface area contributed by atoms with Crippen LogP contribution in [0.1, 0.15) is 36.6 Å². The average molecular weight is 342 g/mol. The largest absolute Gasteiger partial charge is 0.484 e. The Morgan fingerprint density at radius 1 is 1.20 bits per heavy atom. The number of furan rings is 1. The van der Waals surface area contributed by atoms with Crippen LogP contribution < -0.4 is 10.1 Å². The number of piperidine rings is 1. The Morgan fingerprint density at radius 3 is 2.72 bits per heavy atom. The molecule has 0 spiro atoms. The molecule has 1 aliphatic rings. The van der Waals surface area contributed by atoms with E-state index in [2.05, 4.69) is 10.2 Å². The van der Waals surface area contributed by atoms with E-state index in [1.807, 2.05) is 43.3 Å². The zero-order chi connectivity index (χ0) is 17.5. The van der Waals surface area contributed by atoms with Gasteiger partial charge in [-0.15, -0.1) is 0 Å². The predicted molar refractivity (Wildman–Crippen MR) is 96.6 cm³/mol. The van der Waals surface area contributed by atoms with Gasteiger partial charge in [0, 0.05) is 6.54 Å². The third-order valence-corrected chi connectivity index (χ3v) is 4.65. The van der Waals surface area contributed by atoms with E-state index in [1.54, 1.807) is 6.26 Å². The molecule has 3 rings (SSSR count). The minimum absolute atomic E-state index is 0.0235. The highest BCUT2D eigenvalue weighted by Crippen LogP contribution is 2.24. The summed E-state index contributed by atoms with van der Waals surface area (Å²) < 4.78 is 11.2.